The number of nitrogens with zero attached hydrogens (tertiary/aromatic N) is 1. The first-order valence-electron chi connectivity index (χ1n) is 6.34. The molecule has 0 bridgehead atoms. The minimum atomic E-state index is 0.363. The van der Waals surface area contributed by atoms with Crippen molar-refractivity contribution in [1.82, 2.24) is 10.2 Å². The Balaban J connectivity index is 1.90. The van der Waals surface area contributed by atoms with Gasteiger partial charge in [-0.3, -0.25) is 4.90 Å². The van der Waals surface area contributed by atoms with Gasteiger partial charge in [0.1, 0.15) is 0 Å². The Kier molecular flexibility index (Phi) is 2.49. The molecule has 2 fully saturated rings. The third kappa shape index (κ3) is 1.57. The molecule has 2 aliphatic rings. The van der Waals surface area contributed by atoms with E-state index in [9.17, 15) is 0 Å². The Hall–Kier alpha value is -0.860. The largest absolute Gasteiger partial charge is 0.313 e. The van der Waals surface area contributed by atoms with E-state index in [4.69, 9.17) is 0 Å². The maximum absolute atomic E-state index is 3.56. The van der Waals surface area contributed by atoms with Crippen molar-refractivity contribution < 1.29 is 0 Å². The van der Waals surface area contributed by atoms with Crippen molar-refractivity contribution in [3.05, 3.63) is 35.9 Å². The molecule has 1 heterocycles. The lowest BCUT2D eigenvalue weighted by molar-refractivity contribution is 0.0840. The Morgan fingerprint density at radius 1 is 1.19 bits per heavy atom. The Morgan fingerprint density at radius 3 is 2.31 bits per heavy atom. The first-order chi connectivity index (χ1) is 7.86. The van der Waals surface area contributed by atoms with Crippen LogP contribution in [0.1, 0.15) is 30.9 Å². The summed E-state index contributed by atoms with van der Waals surface area (Å²) in [5, 5.41) is 3.56. The van der Waals surface area contributed by atoms with Gasteiger partial charge in [0.25, 0.3) is 0 Å². The van der Waals surface area contributed by atoms with E-state index in [2.05, 4.69) is 47.6 Å². The van der Waals surface area contributed by atoms with Gasteiger partial charge in [-0.2, -0.15) is 0 Å². The summed E-state index contributed by atoms with van der Waals surface area (Å²) in [4.78, 5) is 2.62. The summed E-state index contributed by atoms with van der Waals surface area (Å²) in [6.45, 7) is 2.53. The first-order valence-corrected chi connectivity index (χ1v) is 6.34. The third-order valence-corrected chi connectivity index (χ3v) is 4.18. The highest BCUT2D eigenvalue weighted by molar-refractivity contribution is 5.27. The van der Waals surface area contributed by atoms with Gasteiger partial charge in [-0.15, -0.1) is 0 Å². The average molecular weight is 216 g/mol. The minimum absolute atomic E-state index is 0.363. The van der Waals surface area contributed by atoms with E-state index in [0.717, 1.165) is 0 Å². The Morgan fingerprint density at radius 2 is 1.88 bits per heavy atom. The van der Waals surface area contributed by atoms with Gasteiger partial charge in [0.15, 0.2) is 0 Å². The lowest BCUT2D eigenvalue weighted by atomic mass is 9.93. The van der Waals surface area contributed by atoms with E-state index in [1.807, 2.05) is 0 Å². The zero-order valence-electron chi connectivity index (χ0n) is 9.95. The highest BCUT2D eigenvalue weighted by Gasteiger charge is 2.51. The van der Waals surface area contributed by atoms with E-state index in [0.29, 0.717) is 11.6 Å². The summed E-state index contributed by atoms with van der Waals surface area (Å²) < 4.78 is 0. The molecule has 0 spiro atoms. The van der Waals surface area contributed by atoms with Crippen molar-refractivity contribution in [2.24, 2.45) is 0 Å². The summed E-state index contributed by atoms with van der Waals surface area (Å²) in [6, 6.07) is 11.6. The number of rotatable bonds is 4. The van der Waals surface area contributed by atoms with Gasteiger partial charge in [-0.05, 0) is 31.9 Å². The zero-order chi connectivity index (χ0) is 11.0. The summed E-state index contributed by atoms with van der Waals surface area (Å²) >= 11 is 0. The van der Waals surface area contributed by atoms with Crippen LogP contribution < -0.4 is 5.32 Å². The molecule has 86 valence electrons. The summed E-state index contributed by atoms with van der Waals surface area (Å²) in [6.07, 6.45) is 4.00. The van der Waals surface area contributed by atoms with Crippen molar-refractivity contribution in [2.45, 2.75) is 30.8 Å². The second-order valence-corrected chi connectivity index (χ2v) is 5.11. The first kappa shape index (κ1) is 10.3. The summed E-state index contributed by atoms with van der Waals surface area (Å²) in [5.74, 6) is 0. The van der Waals surface area contributed by atoms with Gasteiger partial charge in [-0.1, -0.05) is 30.3 Å². The van der Waals surface area contributed by atoms with Crippen LogP contribution in [0.2, 0.25) is 0 Å². The molecule has 1 unspecified atom stereocenters. The van der Waals surface area contributed by atoms with E-state index >= 15 is 0 Å². The van der Waals surface area contributed by atoms with Crippen LogP contribution in [0.15, 0.2) is 30.3 Å². The molecule has 2 heteroatoms. The molecule has 0 aromatic heterocycles. The normalized spacial score (nSPS) is 24.8. The van der Waals surface area contributed by atoms with E-state index in [1.54, 1.807) is 0 Å². The molecule has 1 aromatic carbocycles. The van der Waals surface area contributed by atoms with E-state index in [-0.39, 0.29) is 0 Å². The predicted octanol–water partition coefficient (Wildman–Crippen LogP) is 2.19. The Bertz CT molecular complexity index is 352. The second kappa shape index (κ2) is 3.86. The fourth-order valence-corrected chi connectivity index (χ4v) is 2.91. The summed E-state index contributed by atoms with van der Waals surface area (Å²) in [5.41, 5.74) is 1.84. The van der Waals surface area contributed by atoms with Gasteiger partial charge in [0.05, 0.1) is 6.04 Å². The SMILES string of the molecule is CNC1(C(c2ccccc2)N2CCC2)CC1. The number of nitrogens with one attached hydrogen (secondary N) is 1. The van der Waals surface area contributed by atoms with Crippen molar-refractivity contribution in [3.8, 4) is 0 Å². The third-order valence-electron chi connectivity index (χ3n) is 4.18. The lowest BCUT2D eigenvalue weighted by Gasteiger charge is -2.43. The number of hydrogen-bond donors (Lipinski definition) is 1. The standard InChI is InChI=1S/C14H20N2/c1-15-14(8-9-14)13(16-10-5-11-16)12-6-3-2-4-7-12/h2-4,6-7,13,15H,5,8-11H2,1H3. The molecule has 1 saturated heterocycles. The smallest absolute Gasteiger partial charge is 0.0530 e. The zero-order valence-corrected chi connectivity index (χ0v) is 9.95. The van der Waals surface area contributed by atoms with Crippen LogP contribution in [0.3, 0.4) is 0 Å². The molecule has 1 aliphatic heterocycles. The monoisotopic (exact) mass is 216 g/mol. The number of likely N-dealkylation sites (tertiary alicyclic amines) is 1. The molecule has 1 saturated carbocycles. The number of likely N-dealkylation sites (N-methyl/N-ethyl adjacent to an activating group) is 1. The Labute approximate surface area is 97.6 Å². The van der Waals surface area contributed by atoms with Crippen LogP contribution in [0.5, 0.6) is 0 Å². The van der Waals surface area contributed by atoms with Crippen LogP contribution in [-0.4, -0.2) is 30.6 Å². The summed E-state index contributed by atoms with van der Waals surface area (Å²) in [7, 11) is 2.11. The highest BCUT2D eigenvalue weighted by atomic mass is 15.3. The van der Waals surface area contributed by atoms with Crippen LogP contribution in [0.4, 0.5) is 0 Å². The van der Waals surface area contributed by atoms with Gasteiger partial charge in [0, 0.05) is 18.6 Å². The highest BCUT2D eigenvalue weighted by Crippen LogP contribution is 2.49. The van der Waals surface area contributed by atoms with Crippen molar-refractivity contribution in [2.75, 3.05) is 20.1 Å². The molecule has 1 aromatic rings. The van der Waals surface area contributed by atoms with E-state index in [1.165, 1.54) is 37.9 Å². The minimum Gasteiger partial charge on any atom is -0.313 e. The van der Waals surface area contributed by atoms with Gasteiger partial charge in [-0.25, -0.2) is 0 Å². The van der Waals surface area contributed by atoms with Crippen LogP contribution >= 0.6 is 0 Å². The number of hydrogen-bond acceptors (Lipinski definition) is 2. The molecule has 16 heavy (non-hydrogen) atoms. The average Bonchev–Trinajstić information content (AvgIpc) is 3.05. The van der Waals surface area contributed by atoms with Crippen LogP contribution in [0, 0.1) is 0 Å². The maximum Gasteiger partial charge on any atom is 0.0530 e. The molecule has 1 N–H and O–H groups in total. The molecular formula is C14H20N2. The quantitative estimate of drug-likeness (QED) is 0.830. The molecule has 0 radical (unpaired) electrons. The fourth-order valence-electron chi connectivity index (χ4n) is 2.91. The molecule has 0 amide bonds. The van der Waals surface area contributed by atoms with Crippen molar-refractivity contribution >= 4 is 0 Å². The predicted molar refractivity (Wildman–Crippen MR) is 66.4 cm³/mol. The molecular weight excluding hydrogens is 196 g/mol. The second-order valence-electron chi connectivity index (χ2n) is 5.11. The molecule has 3 rings (SSSR count). The molecule has 1 aliphatic carbocycles. The van der Waals surface area contributed by atoms with Gasteiger partial charge < -0.3 is 5.32 Å². The lowest BCUT2D eigenvalue weighted by Crippen LogP contribution is -2.50. The van der Waals surface area contributed by atoms with Crippen molar-refractivity contribution in [1.29, 1.82) is 0 Å². The molecule has 2 nitrogen and oxygen atoms in total. The number of benzene rings is 1. The maximum atomic E-state index is 3.56. The molecule has 1 atom stereocenters. The fraction of sp³-hybridized carbons (Fsp3) is 0.571. The van der Waals surface area contributed by atoms with E-state index < -0.39 is 0 Å². The topological polar surface area (TPSA) is 15.3 Å². The van der Waals surface area contributed by atoms with Crippen LogP contribution in [-0.2, 0) is 0 Å². The van der Waals surface area contributed by atoms with Crippen molar-refractivity contribution in [3.63, 3.8) is 0 Å². The van der Waals surface area contributed by atoms with Gasteiger partial charge >= 0.3 is 0 Å². The van der Waals surface area contributed by atoms with Crippen LogP contribution in [0.25, 0.3) is 0 Å². The van der Waals surface area contributed by atoms with Gasteiger partial charge in [0.2, 0.25) is 0 Å².